The average molecular weight is 627 g/mol. The Balaban J connectivity index is 0.00000442. The predicted molar refractivity (Wildman–Crippen MR) is 147 cm³/mol. The fourth-order valence-corrected chi connectivity index (χ4v) is 4.92. The number of aliphatic hydroxyl groups is 6. The van der Waals surface area contributed by atoms with Crippen molar-refractivity contribution in [1.29, 1.82) is 0 Å². The molecule has 2 fully saturated rings. The average Bonchev–Trinajstić information content (AvgIpc) is 2.97. The van der Waals surface area contributed by atoms with Crippen LogP contribution in [0.25, 0.3) is 22.3 Å². The number of ether oxygens (including phenoxy) is 5. The van der Waals surface area contributed by atoms with Crippen molar-refractivity contribution in [1.82, 2.24) is 0 Å². The summed E-state index contributed by atoms with van der Waals surface area (Å²) in [6.07, 6.45) is -15.0. The normalized spacial score (nSPS) is 32.2. The Kier molecular flexibility index (Phi) is 10.0. The van der Waals surface area contributed by atoms with Crippen molar-refractivity contribution in [2.24, 2.45) is 0 Å². The van der Waals surface area contributed by atoms with Gasteiger partial charge < -0.3 is 74.4 Å². The molecule has 0 saturated carbocycles. The van der Waals surface area contributed by atoms with Gasteiger partial charge in [0.25, 0.3) is 0 Å². The smallest absolute Gasteiger partial charge is 0.229 e. The molecule has 44 heavy (non-hydrogen) atoms. The molecule has 242 valence electrons. The van der Waals surface area contributed by atoms with Crippen molar-refractivity contribution in [2.75, 3.05) is 13.7 Å². The van der Waals surface area contributed by atoms with Gasteiger partial charge in [-0.3, -0.25) is 4.79 Å². The highest BCUT2D eigenvalue weighted by molar-refractivity contribution is 5.86. The second kappa shape index (κ2) is 13.2. The SMILES string of the molecule is COc1ccc(-c2cc(=O)c3c(O)cc(O[C@@H]4O[C@H](CO[C@@H]5O[C@@H](C)[C@H](O)[C@@H](O)[C@H]5O)[C@@H](O)[C@H](O)[C@H]4O)cc3o2)cc1O.O. The number of aromatic hydroxyl groups is 2. The fraction of sp³-hybridized carbons (Fsp3) is 0.464. The number of fused-ring (bicyclic) bond motifs is 1. The van der Waals surface area contributed by atoms with E-state index in [-0.39, 0.29) is 39.5 Å². The van der Waals surface area contributed by atoms with Crippen molar-refractivity contribution < 1.29 is 74.4 Å². The van der Waals surface area contributed by atoms with Gasteiger partial charge in [-0.1, -0.05) is 0 Å². The van der Waals surface area contributed by atoms with E-state index in [1.807, 2.05) is 0 Å². The van der Waals surface area contributed by atoms with E-state index in [0.29, 0.717) is 5.56 Å². The molecule has 2 aromatic carbocycles. The lowest BCUT2D eigenvalue weighted by atomic mass is 9.98. The van der Waals surface area contributed by atoms with Gasteiger partial charge in [-0.2, -0.15) is 0 Å². The summed E-state index contributed by atoms with van der Waals surface area (Å²) in [7, 11) is 1.38. The molecule has 3 aromatic rings. The number of phenols is 2. The molecule has 2 aliphatic heterocycles. The molecule has 0 aliphatic carbocycles. The number of rotatable bonds is 7. The van der Waals surface area contributed by atoms with Gasteiger partial charge >= 0.3 is 0 Å². The fourth-order valence-electron chi connectivity index (χ4n) is 4.92. The van der Waals surface area contributed by atoms with Crippen LogP contribution in [0.2, 0.25) is 0 Å². The van der Waals surface area contributed by atoms with Crippen LogP contribution in [-0.4, -0.2) is 121 Å². The van der Waals surface area contributed by atoms with E-state index in [9.17, 15) is 45.6 Å². The Morgan fingerprint density at radius 3 is 2.16 bits per heavy atom. The van der Waals surface area contributed by atoms with Gasteiger partial charge in [0, 0.05) is 23.8 Å². The van der Waals surface area contributed by atoms with Crippen LogP contribution < -0.4 is 14.9 Å². The van der Waals surface area contributed by atoms with Gasteiger partial charge in [-0.05, 0) is 25.1 Å². The van der Waals surface area contributed by atoms with E-state index >= 15 is 0 Å². The Bertz CT molecular complexity index is 1510. The Morgan fingerprint density at radius 1 is 0.795 bits per heavy atom. The first kappa shape index (κ1) is 33.3. The summed E-state index contributed by atoms with van der Waals surface area (Å²) in [6, 6.07) is 7.78. The molecule has 10 N–H and O–H groups in total. The van der Waals surface area contributed by atoms with Crippen LogP contribution in [-0.2, 0) is 14.2 Å². The summed E-state index contributed by atoms with van der Waals surface area (Å²) >= 11 is 0. The number of aliphatic hydroxyl groups excluding tert-OH is 6. The van der Waals surface area contributed by atoms with Gasteiger partial charge in [0.1, 0.15) is 71.0 Å². The molecule has 2 aliphatic rings. The van der Waals surface area contributed by atoms with Crippen LogP contribution in [0.5, 0.6) is 23.0 Å². The molecule has 0 amide bonds. The molecule has 16 nitrogen and oxygen atoms in total. The van der Waals surface area contributed by atoms with Crippen molar-refractivity contribution >= 4 is 11.0 Å². The first-order chi connectivity index (χ1) is 20.4. The predicted octanol–water partition coefficient (Wildman–Crippen LogP) is -1.91. The highest BCUT2D eigenvalue weighted by Gasteiger charge is 2.47. The Morgan fingerprint density at radius 2 is 1.48 bits per heavy atom. The van der Waals surface area contributed by atoms with E-state index in [1.165, 1.54) is 32.2 Å². The van der Waals surface area contributed by atoms with Crippen molar-refractivity contribution in [3.05, 3.63) is 46.6 Å². The van der Waals surface area contributed by atoms with Gasteiger partial charge in [0.2, 0.25) is 6.29 Å². The molecule has 1 aromatic heterocycles. The summed E-state index contributed by atoms with van der Waals surface area (Å²) in [6.45, 7) is 0.953. The molecule has 5 rings (SSSR count). The van der Waals surface area contributed by atoms with E-state index in [0.717, 1.165) is 12.1 Å². The molecule has 0 radical (unpaired) electrons. The number of benzene rings is 2. The summed E-state index contributed by atoms with van der Waals surface area (Å²) in [5.41, 5.74) is -0.381. The van der Waals surface area contributed by atoms with Gasteiger partial charge in [-0.15, -0.1) is 0 Å². The summed E-state index contributed by atoms with van der Waals surface area (Å²) in [4.78, 5) is 12.8. The van der Waals surface area contributed by atoms with Crippen LogP contribution >= 0.6 is 0 Å². The second-order valence-electron chi connectivity index (χ2n) is 10.3. The summed E-state index contributed by atoms with van der Waals surface area (Å²) in [5, 5.41) is 82.0. The van der Waals surface area contributed by atoms with Gasteiger partial charge in [0.15, 0.2) is 23.2 Å². The molecular weight excluding hydrogens is 592 g/mol. The van der Waals surface area contributed by atoms with Crippen LogP contribution in [0.3, 0.4) is 0 Å². The molecule has 0 unspecified atom stereocenters. The third kappa shape index (κ3) is 6.31. The highest BCUT2D eigenvalue weighted by atomic mass is 16.7. The zero-order chi connectivity index (χ0) is 31.2. The summed E-state index contributed by atoms with van der Waals surface area (Å²) < 4.78 is 32.9. The van der Waals surface area contributed by atoms with Gasteiger partial charge in [0.05, 0.1) is 19.8 Å². The van der Waals surface area contributed by atoms with Crippen molar-refractivity contribution in [3.8, 4) is 34.3 Å². The largest absolute Gasteiger partial charge is 0.507 e. The zero-order valence-electron chi connectivity index (χ0n) is 23.4. The Hall–Kier alpha value is -3.55. The summed E-state index contributed by atoms with van der Waals surface area (Å²) in [5.74, 6) is -0.605. The standard InChI is InChI=1S/C28H32O15.H2O/c1-10-21(32)23(34)25(36)27(40-10)39-9-19-22(33)24(35)26(37)28(43-19)41-12-6-14(30)20-15(31)8-17(42-18(20)7-12)11-3-4-16(38-2)13(29)5-11;/h3-8,10,19,21-30,32-37H,9H2,1-2H3;1H2/t10-,19+,21-,22+,23+,24-,25+,26+,27+,28+;/m0./s1. The van der Waals surface area contributed by atoms with Crippen molar-refractivity contribution in [3.63, 3.8) is 0 Å². The first-order valence-corrected chi connectivity index (χ1v) is 13.3. The monoisotopic (exact) mass is 626 g/mol. The van der Waals surface area contributed by atoms with Crippen LogP contribution in [0.1, 0.15) is 6.92 Å². The number of hydrogen-bond donors (Lipinski definition) is 8. The minimum atomic E-state index is -1.78. The Labute approximate surface area is 248 Å². The molecule has 3 heterocycles. The molecule has 10 atom stereocenters. The molecule has 0 spiro atoms. The quantitative estimate of drug-likeness (QED) is 0.142. The maximum absolute atomic E-state index is 12.8. The van der Waals surface area contributed by atoms with Crippen molar-refractivity contribution in [2.45, 2.75) is 68.3 Å². The topological polar surface area (TPSA) is 270 Å². The van der Waals surface area contributed by atoms with Gasteiger partial charge in [-0.25, -0.2) is 0 Å². The van der Waals surface area contributed by atoms with Crippen LogP contribution in [0.15, 0.2) is 45.6 Å². The highest BCUT2D eigenvalue weighted by Crippen LogP contribution is 2.35. The molecule has 16 heteroatoms. The second-order valence-corrected chi connectivity index (χ2v) is 10.3. The maximum atomic E-state index is 12.8. The minimum Gasteiger partial charge on any atom is -0.507 e. The van der Waals surface area contributed by atoms with E-state index in [1.54, 1.807) is 6.07 Å². The third-order valence-corrected chi connectivity index (χ3v) is 7.40. The number of phenolic OH excluding ortho intramolecular Hbond substituents is 2. The number of methoxy groups -OCH3 is 1. The van der Waals surface area contributed by atoms with Crippen LogP contribution in [0.4, 0.5) is 0 Å². The van der Waals surface area contributed by atoms with E-state index in [4.69, 9.17) is 28.1 Å². The lowest BCUT2D eigenvalue weighted by Crippen LogP contribution is -2.61. The van der Waals surface area contributed by atoms with E-state index in [2.05, 4.69) is 0 Å². The third-order valence-electron chi connectivity index (χ3n) is 7.40. The number of hydrogen-bond acceptors (Lipinski definition) is 15. The van der Waals surface area contributed by atoms with E-state index < -0.39 is 79.2 Å². The zero-order valence-corrected chi connectivity index (χ0v) is 23.4. The van der Waals surface area contributed by atoms with Crippen LogP contribution in [0, 0.1) is 0 Å². The lowest BCUT2D eigenvalue weighted by molar-refractivity contribution is -0.318. The minimum absolute atomic E-state index is 0. The maximum Gasteiger partial charge on any atom is 0.229 e. The lowest BCUT2D eigenvalue weighted by Gasteiger charge is -2.42. The molecule has 0 bridgehead atoms. The molecule has 2 saturated heterocycles. The molecular formula is C28H34O16. The first-order valence-electron chi connectivity index (χ1n) is 13.3.